The van der Waals surface area contributed by atoms with Crippen LogP contribution in [0.5, 0.6) is 0 Å². The normalized spacial score (nSPS) is 10.8. The molecule has 2 heterocycles. The number of thioether (sulfide) groups is 1. The Morgan fingerprint density at radius 2 is 1.97 bits per heavy atom. The monoisotopic (exact) mass is 498 g/mol. The Morgan fingerprint density at radius 3 is 2.71 bits per heavy atom. The second-order valence-electron chi connectivity index (χ2n) is 7.02. The van der Waals surface area contributed by atoms with Crippen LogP contribution < -0.4 is 5.32 Å². The highest BCUT2D eigenvalue weighted by molar-refractivity contribution is 7.99. The molecular weight excluding hydrogens is 483 g/mol. The number of amides is 1. The number of rotatable bonds is 7. The van der Waals surface area contributed by atoms with Crippen LogP contribution in [0, 0.1) is 22.9 Å². The van der Waals surface area contributed by atoms with Gasteiger partial charge in [0.2, 0.25) is 11.7 Å². The Labute approximate surface area is 202 Å². The molecule has 0 aliphatic heterocycles. The highest BCUT2D eigenvalue weighted by Gasteiger charge is 2.20. The molecule has 0 unspecified atom stereocenters. The number of nitrogens with zero attached hydrogens (tertiary/aromatic N) is 5. The Morgan fingerprint density at radius 1 is 1.21 bits per heavy atom. The van der Waals surface area contributed by atoms with E-state index < -0.39 is 22.3 Å². The molecule has 12 heteroatoms. The van der Waals surface area contributed by atoms with Crippen LogP contribution in [-0.4, -0.2) is 36.3 Å². The maximum atomic E-state index is 13.5. The molecule has 4 rings (SSSR count). The van der Waals surface area contributed by atoms with Gasteiger partial charge in [-0.2, -0.15) is 4.39 Å². The second-order valence-corrected chi connectivity index (χ2v) is 8.37. The number of nitrogens with one attached hydrogen (secondary N) is 1. The standard InChI is InChI=1S/C22H16ClFN6O3S/c1-13-16(23)3-2-4-18(13)29-21(14-7-9-25-10-8-14)27-28-22(29)34-12-20(31)26-15-5-6-17(24)19(11-15)30(32)33/h2-11H,12H2,1H3,(H,26,31). The summed E-state index contributed by atoms with van der Waals surface area (Å²) in [4.78, 5) is 26.6. The van der Waals surface area contributed by atoms with E-state index in [-0.39, 0.29) is 11.4 Å². The number of halogens is 2. The third-order valence-electron chi connectivity index (χ3n) is 4.81. The van der Waals surface area contributed by atoms with Crippen molar-refractivity contribution in [3.63, 3.8) is 0 Å². The van der Waals surface area contributed by atoms with Crippen molar-refractivity contribution >= 4 is 40.6 Å². The number of nitro groups is 1. The molecule has 0 aliphatic rings. The Hall–Kier alpha value is -3.83. The van der Waals surface area contributed by atoms with Gasteiger partial charge in [-0.05, 0) is 48.9 Å². The van der Waals surface area contributed by atoms with Crippen LogP contribution in [0.2, 0.25) is 5.02 Å². The molecule has 0 saturated carbocycles. The first-order chi connectivity index (χ1) is 16.3. The summed E-state index contributed by atoms with van der Waals surface area (Å²) < 4.78 is 15.3. The maximum Gasteiger partial charge on any atom is 0.306 e. The summed E-state index contributed by atoms with van der Waals surface area (Å²) in [5, 5.41) is 23.0. The number of nitro benzene ring substituents is 1. The first-order valence-corrected chi connectivity index (χ1v) is 11.2. The lowest BCUT2D eigenvalue weighted by Gasteiger charge is -2.14. The molecule has 172 valence electrons. The topological polar surface area (TPSA) is 116 Å². The summed E-state index contributed by atoms with van der Waals surface area (Å²) in [5.41, 5.74) is 1.73. The predicted octanol–water partition coefficient (Wildman–Crippen LogP) is 5.07. The Kier molecular flexibility index (Phi) is 6.85. The van der Waals surface area contributed by atoms with E-state index in [2.05, 4.69) is 20.5 Å². The van der Waals surface area contributed by atoms with Gasteiger partial charge < -0.3 is 5.32 Å². The number of carbonyl (C=O) groups excluding carboxylic acids is 1. The maximum absolute atomic E-state index is 13.5. The van der Waals surface area contributed by atoms with Crippen LogP contribution in [0.15, 0.2) is 66.1 Å². The van der Waals surface area contributed by atoms with Gasteiger partial charge in [-0.25, -0.2) is 0 Å². The average Bonchev–Trinajstić information content (AvgIpc) is 3.25. The summed E-state index contributed by atoms with van der Waals surface area (Å²) in [6, 6.07) is 12.2. The lowest BCUT2D eigenvalue weighted by molar-refractivity contribution is -0.387. The summed E-state index contributed by atoms with van der Waals surface area (Å²) in [6.45, 7) is 1.87. The van der Waals surface area contributed by atoms with Gasteiger partial charge in [-0.1, -0.05) is 29.4 Å². The third kappa shape index (κ3) is 4.90. The van der Waals surface area contributed by atoms with Gasteiger partial charge in [-0.15, -0.1) is 10.2 Å². The summed E-state index contributed by atoms with van der Waals surface area (Å²) in [6.07, 6.45) is 3.28. The minimum Gasteiger partial charge on any atom is -0.325 e. The second kappa shape index (κ2) is 9.98. The van der Waals surface area contributed by atoms with Crippen LogP contribution in [-0.2, 0) is 4.79 Å². The van der Waals surface area contributed by atoms with Crippen molar-refractivity contribution in [3.05, 3.63) is 87.4 Å². The van der Waals surface area contributed by atoms with Crippen molar-refractivity contribution in [1.82, 2.24) is 19.7 Å². The first-order valence-electron chi connectivity index (χ1n) is 9.83. The van der Waals surface area contributed by atoms with Crippen molar-refractivity contribution < 1.29 is 14.1 Å². The van der Waals surface area contributed by atoms with Crippen molar-refractivity contribution in [3.8, 4) is 17.1 Å². The third-order valence-corrected chi connectivity index (χ3v) is 6.15. The van der Waals surface area contributed by atoms with E-state index in [1.807, 2.05) is 19.1 Å². The highest BCUT2D eigenvalue weighted by Crippen LogP contribution is 2.31. The quantitative estimate of drug-likeness (QED) is 0.215. The SMILES string of the molecule is Cc1c(Cl)cccc1-n1c(SCC(=O)Nc2ccc(F)c([N+](=O)[O-])c2)nnc1-c1ccncc1. The molecule has 4 aromatic rings. The van der Waals surface area contributed by atoms with E-state index >= 15 is 0 Å². The van der Waals surface area contributed by atoms with Crippen LogP contribution in [0.25, 0.3) is 17.1 Å². The van der Waals surface area contributed by atoms with E-state index in [0.717, 1.165) is 40.7 Å². The fourth-order valence-corrected chi connectivity index (χ4v) is 4.08. The average molecular weight is 499 g/mol. The Balaban J connectivity index is 1.61. The molecular formula is C22H16ClFN6O3S. The summed E-state index contributed by atoms with van der Waals surface area (Å²) >= 11 is 7.46. The molecule has 0 spiro atoms. The fraction of sp³-hybridized carbons (Fsp3) is 0.0909. The van der Waals surface area contributed by atoms with Gasteiger partial charge in [0.05, 0.1) is 16.4 Å². The molecule has 0 bridgehead atoms. The van der Waals surface area contributed by atoms with Gasteiger partial charge >= 0.3 is 5.69 Å². The first kappa shape index (κ1) is 23.3. The van der Waals surface area contributed by atoms with Crippen LogP contribution in [0.4, 0.5) is 15.8 Å². The summed E-state index contributed by atoms with van der Waals surface area (Å²) in [5.74, 6) is -0.955. The minimum absolute atomic E-state index is 0.0702. The van der Waals surface area contributed by atoms with Gasteiger partial charge in [0.25, 0.3) is 0 Å². The summed E-state index contributed by atoms with van der Waals surface area (Å²) in [7, 11) is 0. The number of carbonyl (C=O) groups is 1. The van der Waals surface area contributed by atoms with Crippen molar-refractivity contribution in [2.75, 3.05) is 11.1 Å². The van der Waals surface area contributed by atoms with Crippen molar-refractivity contribution in [2.45, 2.75) is 12.1 Å². The molecule has 1 N–H and O–H groups in total. The largest absolute Gasteiger partial charge is 0.325 e. The number of hydrogen-bond donors (Lipinski definition) is 1. The number of pyridine rings is 1. The number of benzene rings is 2. The Bertz CT molecular complexity index is 1380. The number of hydrogen-bond acceptors (Lipinski definition) is 7. The molecule has 0 radical (unpaired) electrons. The molecule has 0 saturated heterocycles. The van der Waals surface area contributed by atoms with Gasteiger partial charge in [0.1, 0.15) is 0 Å². The van der Waals surface area contributed by atoms with Gasteiger partial charge in [0, 0.05) is 34.7 Å². The van der Waals surface area contributed by atoms with Crippen LogP contribution >= 0.6 is 23.4 Å². The van der Waals surface area contributed by atoms with Gasteiger partial charge in [0.15, 0.2) is 11.0 Å². The lowest BCUT2D eigenvalue weighted by atomic mass is 10.2. The zero-order valence-electron chi connectivity index (χ0n) is 17.6. The zero-order valence-corrected chi connectivity index (χ0v) is 19.2. The molecule has 1 amide bonds. The minimum atomic E-state index is -0.981. The smallest absolute Gasteiger partial charge is 0.306 e. The molecule has 0 fully saturated rings. The molecule has 9 nitrogen and oxygen atoms in total. The van der Waals surface area contributed by atoms with E-state index in [1.165, 1.54) is 6.07 Å². The van der Waals surface area contributed by atoms with E-state index in [4.69, 9.17) is 11.6 Å². The molecule has 0 aliphatic carbocycles. The lowest BCUT2D eigenvalue weighted by Crippen LogP contribution is -2.15. The molecule has 34 heavy (non-hydrogen) atoms. The molecule has 2 aromatic heterocycles. The highest BCUT2D eigenvalue weighted by atomic mass is 35.5. The van der Waals surface area contributed by atoms with Crippen LogP contribution in [0.1, 0.15) is 5.56 Å². The molecule has 2 aromatic carbocycles. The predicted molar refractivity (Wildman–Crippen MR) is 127 cm³/mol. The van der Waals surface area contributed by atoms with Gasteiger partial charge in [-0.3, -0.25) is 24.5 Å². The van der Waals surface area contributed by atoms with Crippen LogP contribution in [0.3, 0.4) is 0 Å². The van der Waals surface area contributed by atoms with E-state index in [0.29, 0.717) is 16.0 Å². The van der Waals surface area contributed by atoms with Crippen molar-refractivity contribution in [1.29, 1.82) is 0 Å². The fourth-order valence-electron chi connectivity index (χ4n) is 3.16. The number of anilines is 1. The van der Waals surface area contributed by atoms with E-state index in [9.17, 15) is 19.3 Å². The zero-order chi connectivity index (χ0) is 24.2. The molecule has 0 atom stereocenters. The van der Waals surface area contributed by atoms with Crippen molar-refractivity contribution in [2.24, 2.45) is 0 Å². The van der Waals surface area contributed by atoms with E-state index in [1.54, 1.807) is 35.2 Å². The number of aromatic nitrogens is 4.